The van der Waals surface area contributed by atoms with Crippen molar-refractivity contribution >= 4 is 5.96 Å². The lowest BCUT2D eigenvalue weighted by Gasteiger charge is -2.33. The molecule has 2 heterocycles. The van der Waals surface area contributed by atoms with Crippen molar-refractivity contribution in [1.29, 1.82) is 0 Å². The molecular formula is C20H28N4O. The monoisotopic (exact) mass is 340 g/mol. The van der Waals surface area contributed by atoms with E-state index in [1.54, 1.807) is 6.26 Å². The van der Waals surface area contributed by atoms with Gasteiger partial charge in [0.05, 0.1) is 6.26 Å². The predicted molar refractivity (Wildman–Crippen MR) is 102 cm³/mol. The van der Waals surface area contributed by atoms with Crippen LogP contribution in [0.5, 0.6) is 0 Å². The van der Waals surface area contributed by atoms with E-state index in [-0.39, 0.29) is 0 Å². The summed E-state index contributed by atoms with van der Waals surface area (Å²) in [6.45, 7) is 4.11. The fourth-order valence-corrected chi connectivity index (χ4v) is 3.22. The van der Waals surface area contributed by atoms with E-state index in [1.165, 1.54) is 5.56 Å². The highest BCUT2D eigenvalue weighted by molar-refractivity contribution is 5.79. The number of rotatable bonds is 6. The lowest BCUT2D eigenvalue weighted by Crippen LogP contribution is -2.48. The number of benzene rings is 1. The van der Waals surface area contributed by atoms with Gasteiger partial charge in [0.1, 0.15) is 5.76 Å². The van der Waals surface area contributed by atoms with Crippen LogP contribution < -0.4 is 10.6 Å². The van der Waals surface area contributed by atoms with Crippen LogP contribution in [0.4, 0.5) is 0 Å². The average molecular weight is 340 g/mol. The molecule has 0 amide bonds. The van der Waals surface area contributed by atoms with E-state index in [9.17, 15) is 0 Å². The Kier molecular flexibility index (Phi) is 6.51. The highest BCUT2D eigenvalue weighted by Gasteiger charge is 2.19. The second-order valence-electron chi connectivity index (χ2n) is 6.51. The van der Waals surface area contributed by atoms with Gasteiger partial charge in [-0.3, -0.25) is 9.89 Å². The molecule has 0 saturated carbocycles. The van der Waals surface area contributed by atoms with Gasteiger partial charge >= 0.3 is 0 Å². The molecule has 2 aromatic rings. The summed E-state index contributed by atoms with van der Waals surface area (Å²) in [4.78, 5) is 6.87. The van der Waals surface area contributed by atoms with Crippen molar-refractivity contribution in [2.45, 2.75) is 31.8 Å². The maximum atomic E-state index is 5.35. The summed E-state index contributed by atoms with van der Waals surface area (Å²) >= 11 is 0. The standard InChI is InChI=1S/C20H28N4O/c1-21-20(22-12-9-19-8-5-15-25-19)23-18-10-13-24(14-11-18)16-17-6-3-2-4-7-17/h2-8,15,18H,9-14,16H2,1H3,(H2,21,22,23). The minimum Gasteiger partial charge on any atom is -0.469 e. The summed E-state index contributed by atoms with van der Waals surface area (Å²) in [5, 5.41) is 6.92. The molecule has 1 aromatic carbocycles. The normalized spacial score (nSPS) is 16.8. The molecular weight excluding hydrogens is 312 g/mol. The van der Waals surface area contributed by atoms with Crippen molar-refractivity contribution in [1.82, 2.24) is 15.5 Å². The quantitative estimate of drug-likeness (QED) is 0.627. The Morgan fingerprint density at radius 3 is 2.64 bits per heavy atom. The molecule has 1 aromatic heterocycles. The minimum atomic E-state index is 0.488. The fourth-order valence-electron chi connectivity index (χ4n) is 3.22. The van der Waals surface area contributed by atoms with Crippen LogP contribution in [-0.2, 0) is 13.0 Å². The van der Waals surface area contributed by atoms with Gasteiger partial charge in [-0.15, -0.1) is 0 Å². The molecule has 0 unspecified atom stereocenters. The number of aliphatic imine (C=N–C) groups is 1. The first-order valence-electron chi connectivity index (χ1n) is 9.09. The van der Waals surface area contributed by atoms with Crippen molar-refractivity contribution in [3.8, 4) is 0 Å². The molecule has 1 fully saturated rings. The lowest BCUT2D eigenvalue weighted by molar-refractivity contribution is 0.198. The van der Waals surface area contributed by atoms with Gasteiger partial charge in [-0.05, 0) is 30.5 Å². The summed E-state index contributed by atoms with van der Waals surface area (Å²) < 4.78 is 5.35. The van der Waals surface area contributed by atoms with Crippen molar-refractivity contribution in [3.05, 3.63) is 60.1 Å². The number of nitrogens with zero attached hydrogens (tertiary/aromatic N) is 2. The molecule has 134 valence electrons. The number of furan rings is 1. The van der Waals surface area contributed by atoms with Crippen LogP contribution in [0.25, 0.3) is 0 Å². The van der Waals surface area contributed by atoms with Crippen LogP contribution in [0.2, 0.25) is 0 Å². The molecule has 0 bridgehead atoms. The van der Waals surface area contributed by atoms with Crippen LogP contribution >= 0.6 is 0 Å². The molecule has 1 saturated heterocycles. The third kappa shape index (κ3) is 5.64. The van der Waals surface area contributed by atoms with Crippen molar-refractivity contribution in [2.75, 3.05) is 26.7 Å². The first kappa shape index (κ1) is 17.5. The SMILES string of the molecule is CN=C(NCCc1ccco1)NC1CCN(Cc2ccccc2)CC1. The average Bonchev–Trinajstić information content (AvgIpc) is 3.17. The van der Waals surface area contributed by atoms with E-state index < -0.39 is 0 Å². The number of nitrogens with one attached hydrogen (secondary N) is 2. The number of guanidine groups is 1. The predicted octanol–water partition coefficient (Wildman–Crippen LogP) is 2.65. The first-order valence-corrected chi connectivity index (χ1v) is 9.09. The summed E-state index contributed by atoms with van der Waals surface area (Å²) in [5.74, 6) is 1.88. The van der Waals surface area contributed by atoms with E-state index in [1.807, 2.05) is 19.2 Å². The van der Waals surface area contributed by atoms with Crippen LogP contribution in [0, 0.1) is 0 Å². The topological polar surface area (TPSA) is 52.8 Å². The number of hydrogen-bond donors (Lipinski definition) is 2. The molecule has 0 aliphatic carbocycles. The minimum absolute atomic E-state index is 0.488. The van der Waals surface area contributed by atoms with Gasteiger partial charge in [-0.25, -0.2) is 0 Å². The molecule has 5 nitrogen and oxygen atoms in total. The van der Waals surface area contributed by atoms with Crippen molar-refractivity contribution < 1.29 is 4.42 Å². The van der Waals surface area contributed by atoms with Gasteiger partial charge in [0.15, 0.2) is 5.96 Å². The highest BCUT2D eigenvalue weighted by Crippen LogP contribution is 2.13. The van der Waals surface area contributed by atoms with Gasteiger partial charge < -0.3 is 15.1 Å². The van der Waals surface area contributed by atoms with Gasteiger partial charge in [0.2, 0.25) is 0 Å². The van der Waals surface area contributed by atoms with E-state index in [0.717, 1.165) is 57.2 Å². The Labute approximate surface area is 150 Å². The van der Waals surface area contributed by atoms with Gasteiger partial charge in [0.25, 0.3) is 0 Å². The Morgan fingerprint density at radius 2 is 1.96 bits per heavy atom. The van der Waals surface area contributed by atoms with Gasteiger partial charge in [0, 0.05) is 45.7 Å². The molecule has 2 N–H and O–H groups in total. The summed E-state index contributed by atoms with van der Waals surface area (Å²) in [5.41, 5.74) is 1.39. The van der Waals surface area contributed by atoms with Crippen LogP contribution in [0.1, 0.15) is 24.2 Å². The largest absolute Gasteiger partial charge is 0.469 e. The zero-order valence-corrected chi connectivity index (χ0v) is 14.9. The lowest BCUT2D eigenvalue weighted by atomic mass is 10.0. The number of hydrogen-bond acceptors (Lipinski definition) is 3. The molecule has 0 spiro atoms. The van der Waals surface area contributed by atoms with E-state index in [4.69, 9.17) is 4.42 Å². The van der Waals surface area contributed by atoms with E-state index >= 15 is 0 Å². The van der Waals surface area contributed by atoms with Gasteiger partial charge in [-0.2, -0.15) is 0 Å². The summed E-state index contributed by atoms with van der Waals surface area (Å²) in [7, 11) is 1.83. The second kappa shape index (κ2) is 9.28. The number of piperidine rings is 1. The molecule has 1 aliphatic rings. The Morgan fingerprint density at radius 1 is 1.16 bits per heavy atom. The molecule has 0 atom stereocenters. The first-order chi connectivity index (χ1) is 12.3. The van der Waals surface area contributed by atoms with E-state index in [0.29, 0.717) is 6.04 Å². The number of likely N-dealkylation sites (tertiary alicyclic amines) is 1. The smallest absolute Gasteiger partial charge is 0.191 e. The maximum Gasteiger partial charge on any atom is 0.191 e. The van der Waals surface area contributed by atoms with Crippen molar-refractivity contribution in [3.63, 3.8) is 0 Å². The fraction of sp³-hybridized carbons (Fsp3) is 0.450. The second-order valence-corrected chi connectivity index (χ2v) is 6.51. The molecule has 3 rings (SSSR count). The molecule has 0 radical (unpaired) electrons. The van der Waals surface area contributed by atoms with Gasteiger partial charge in [-0.1, -0.05) is 30.3 Å². The Hall–Kier alpha value is -2.27. The Bertz CT molecular complexity index is 631. The summed E-state index contributed by atoms with van der Waals surface area (Å²) in [6.07, 6.45) is 4.87. The van der Waals surface area contributed by atoms with Crippen LogP contribution in [-0.4, -0.2) is 43.6 Å². The van der Waals surface area contributed by atoms with Crippen LogP contribution in [0.3, 0.4) is 0 Å². The summed E-state index contributed by atoms with van der Waals surface area (Å²) in [6, 6.07) is 15.1. The molecule has 25 heavy (non-hydrogen) atoms. The molecule has 1 aliphatic heterocycles. The van der Waals surface area contributed by atoms with E-state index in [2.05, 4.69) is 50.9 Å². The Balaban J connectivity index is 1.37. The van der Waals surface area contributed by atoms with Crippen LogP contribution in [0.15, 0.2) is 58.1 Å². The van der Waals surface area contributed by atoms with Crippen molar-refractivity contribution in [2.24, 2.45) is 4.99 Å². The third-order valence-electron chi connectivity index (χ3n) is 4.64. The molecule has 5 heteroatoms. The maximum absolute atomic E-state index is 5.35. The zero-order valence-electron chi connectivity index (χ0n) is 14.9. The highest BCUT2D eigenvalue weighted by atomic mass is 16.3. The third-order valence-corrected chi connectivity index (χ3v) is 4.64. The zero-order chi connectivity index (χ0) is 17.3.